The molecule has 2 aliphatic heterocycles. The molecular formula is C25H32N4O4S2. The summed E-state index contributed by atoms with van der Waals surface area (Å²) in [6, 6.07) is 11.7. The van der Waals surface area contributed by atoms with Crippen LogP contribution in [-0.4, -0.2) is 61.1 Å². The topological polar surface area (TPSA) is 103 Å². The molecule has 3 heterocycles. The van der Waals surface area contributed by atoms with E-state index in [9.17, 15) is 16.8 Å². The Morgan fingerprint density at radius 2 is 1.51 bits per heavy atom. The summed E-state index contributed by atoms with van der Waals surface area (Å²) in [5.74, 6) is 1.08. The highest BCUT2D eigenvalue weighted by Gasteiger charge is 2.33. The van der Waals surface area contributed by atoms with Gasteiger partial charge in [-0.25, -0.2) is 21.8 Å². The van der Waals surface area contributed by atoms with Crippen LogP contribution in [0.2, 0.25) is 0 Å². The molecule has 1 N–H and O–H groups in total. The second-order valence-electron chi connectivity index (χ2n) is 9.75. The van der Waals surface area contributed by atoms with Crippen molar-refractivity contribution in [2.24, 2.45) is 0 Å². The maximum atomic E-state index is 13.3. The number of benzene rings is 2. The van der Waals surface area contributed by atoms with Crippen molar-refractivity contribution < 1.29 is 16.8 Å². The van der Waals surface area contributed by atoms with Gasteiger partial charge in [0.25, 0.3) is 0 Å². The smallest absolute Gasteiger partial charge is 0.243 e. The van der Waals surface area contributed by atoms with E-state index in [1.54, 1.807) is 0 Å². The summed E-state index contributed by atoms with van der Waals surface area (Å²) in [5, 5.41) is 0. The van der Waals surface area contributed by atoms with Crippen LogP contribution >= 0.6 is 0 Å². The third-order valence-electron chi connectivity index (χ3n) is 7.31. The zero-order chi connectivity index (χ0) is 24.8. The number of hydrogen-bond acceptors (Lipinski definition) is 5. The number of piperidine rings is 2. The van der Waals surface area contributed by atoms with Crippen LogP contribution in [0.25, 0.3) is 11.0 Å². The third kappa shape index (κ3) is 4.64. The van der Waals surface area contributed by atoms with Gasteiger partial charge < -0.3 is 4.98 Å². The molecule has 0 amide bonds. The predicted octanol–water partition coefficient (Wildman–Crippen LogP) is 4.00. The molecule has 0 aliphatic carbocycles. The van der Waals surface area contributed by atoms with E-state index in [1.165, 1.54) is 32.9 Å². The van der Waals surface area contributed by atoms with E-state index in [1.807, 2.05) is 26.0 Å². The summed E-state index contributed by atoms with van der Waals surface area (Å²) >= 11 is 0. The molecule has 8 nitrogen and oxygen atoms in total. The zero-order valence-corrected chi connectivity index (χ0v) is 21.8. The summed E-state index contributed by atoms with van der Waals surface area (Å²) in [4.78, 5) is 8.39. The van der Waals surface area contributed by atoms with Gasteiger partial charge >= 0.3 is 0 Å². The van der Waals surface area contributed by atoms with E-state index >= 15 is 0 Å². The molecule has 0 radical (unpaired) electrons. The molecule has 0 spiro atoms. The van der Waals surface area contributed by atoms with Crippen LogP contribution < -0.4 is 0 Å². The largest absolute Gasteiger partial charge is 0.342 e. The van der Waals surface area contributed by atoms with Gasteiger partial charge in [-0.15, -0.1) is 0 Å². The molecular weight excluding hydrogens is 484 g/mol. The fraction of sp³-hybridized carbons (Fsp3) is 0.480. The normalized spacial score (nSPS) is 21.5. The first-order valence-electron chi connectivity index (χ1n) is 12.2. The van der Waals surface area contributed by atoms with Gasteiger partial charge in [0.05, 0.1) is 20.8 Å². The highest BCUT2D eigenvalue weighted by molar-refractivity contribution is 7.89. The van der Waals surface area contributed by atoms with Crippen LogP contribution in [0.5, 0.6) is 0 Å². The third-order valence-corrected chi connectivity index (χ3v) is 11.2. The number of nitrogens with zero attached hydrogens (tertiary/aromatic N) is 3. The summed E-state index contributed by atoms with van der Waals surface area (Å²) in [7, 11) is -7.34. The molecule has 35 heavy (non-hydrogen) atoms. The molecule has 1 aromatic heterocycles. The molecule has 2 fully saturated rings. The van der Waals surface area contributed by atoms with Gasteiger partial charge in [-0.3, -0.25) is 0 Å². The molecule has 188 valence electrons. The second-order valence-corrected chi connectivity index (χ2v) is 13.6. The summed E-state index contributed by atoms with van der Waals surface area (Å²) in [5.41, 5.74) is 3.09. The molecule has 3 aromatic rings. The van der Waals surface area contributed by atoms with Crippen molar-refractivity contribution in [3.8, 4) is 0 Å². The van der Waals surface area contributed by atoms with Gasteiger partial charge in [-0.2, -0.15) is 8.61 Å². The van der Waals surface area contributed by atoms with E-state index < -0.39 is 20.0 Å². The first-order chi connectivity index (χ1) is 16.7. The minimum Gasteiger partial charge on any atom is -0.342 e. The number of fused-ring (bicyclic) bond motifs is 1. The molecule has 10 heteroatoms. The van der Waals surface area contributed by atoms with E-state index in [0.29, 0.717) is 32.5 Å². The van der Waals surface area contributed by atoms with Gasteiger partial charge in [0.2, 0.25) is 20.0 Å². The number of aryl methyl sites for hydroxylation is 1. The first-order valence-corrected chi connectivity index (χ1v) is 15.1. The Kier molecular flexibility index (Phi) is 6.50. The maximum Gasteiger partial charge on any atom is 0.243 e. The van der Waals surface area contributed by atoms with Crippen molar-refractivity contribution >= 4 is 31.1 Å². The second kappa shape index (κ2) is 9.31. The quantitative estimate of drug-likeness (QED) is 0.552. The highest BCUT2D eigenvalue weighted by Crippen LogP contribution is 2.31. The lowest BCUT2D eigenvalue weighted by Crippen LogP contribution is -2.41. The van der Waals surface area contributed by atoms with E-state index in [4.69, 9.17) is 4.98 Å². The Bertz CT molecular complexity index is 1420. The summed E-state index contributed by atoms with van der Waals surface area (Å²) in [6.45, 7) is 5.26. The van der Waals surface area contributed by atoms with Crippen LogP contribution in [-0.2, 0) is 20.0 Å². The first kappa shape index (κ1) is 24.4. The molecule has 2 saturated heterocycles. The molecule has 1 atom stereocenters. The minimum absolute atomic E-state index is 0.0470. The number of sulfonamides is 2. The molecule has 0 bridgehead atoms. The Morgan fingerprint density at radius 1 is 0.857 bits per heavy atom. The SMILES string of the molecule is Cc1ccc2nc(C3CCN(S(=O)(=O)c4ccc(S(=O)(=O)N5CCCC[C@@H]5C)cc4)CC3)[nH]c2c1. The van der Waals surface area contributed by atoms with Crippen LogP contribution in [0, 0.1) is 6.92 Å². The van der Waals surface area contributed by atoms with Crippen LogP contribution in [0.3, 0.4) is 0 Å². The van der Waals surface area contributed by atoms with Crippen molar-refractivity contribution in [2.45, 2.75) is 67.7 Å². The van der Waals surface area contributed by atoms with E-state index in [2.05, 4.69) is 11.1 Å². The number of rotatable bonds is 5. The maximum absolute atomic E-state index is 13.3. The highest BCUT2D eigenvalue weighted by atomic mass is 32.2. The van der Waals surface area contributed by atoms with Crippen molar-refractivity contribution in [1.82, 2.24) is 18.6 Å². The minimum atomic E-state index is -3.70. The van der Waals surface area contributed by atoms with Gasteiger partial charge in [0, 0.05) is 31.6 Å². The van der Waals surface area contributed by atoms with Crippen molar-refractivity contribution in [3.05, 3.63) is 53.9 Å². The van der Waals surface area contributed by atoms with Crippen LogP contribution in [0.4, 0.5) is 0 Å². The number of aromatic nitrogens is 2. The van der Waals surface area contributed by atoms with Gasteiger partial charge in [0.1, 0.15) is 5.82 Å². The van der Waals surface area contributed by atoms with E-state index in [0.717, 1.165) is 41.7 Å². The monoisotopic (exact) mass is 516 g/mol. The van der Waals surface area contributed by atoms with Crippen LogP contribution in [0.15, 0.2) is 52.3 Å². The van der Waals surface area contributed by atoms with Crippen LogP contribution in [0.1, 0.15) is 56.3 Å². The van der Waals surface area contributed by atoms with Crippen molar-refractivity contribution in [2.75, 3.05) is 19.6 Å². The summed E-state index contributed by atoms with van der Waals surface area (Å²) < 4.78 is 55.7. The average molecular weight is 517 g/mol. The molecule has 0 unspecified atom stereocenters. The molecule has 0 saturated carbocycles. The Hall–Kier alpha value is -2.27. The van der Waals surface area contributed by atoms with Crippen molar-refractivity contribution in [3.63, 3.8) is 0 Å². The number of aromatic amines is 1. The van der Waals surface area contributed by atoms with Gasteiger partial charge in [-0.1, -0.05) is 12.5 Å². The Balaban J connectivity index is 1.28. The summed E-state index contributed by atoms with van der Waals surface area (Å²) in [6.07, 6.45) is 4.07. The molecule has 2 aromatic carbocycles. The fourth-order valence-electron chi connectivity index (χ4n) is 5.20. The number of H-pyrrole nitrogens is 1. The van der Waals surface area contributed by atoms with E-state index in [-0.39, 0.29) is 21.8 Å². The fourth-order valence-corrected chi connectivity index (χ4v) is 8.37. The predicted molar refractivity (Wildman–Crippen MR) is 135 cm³/mol. The number of imidazole rings is 1. The Labute approximate surface area is 207 Å². The van der Waals surface area contributed by atoms with Gasteiger partial charge in [-0.05, 0) is 81.5 Å². The Morgan fingerprint density at radius 3 is 2.17 bits per heavy atom. The standard InChI is InChI=1S/C25H32N4O4S2/c1-18-6-11-23-24(17-18)27-25(26-23)20-12-15-28(16-13-20)34(30,31)21-7-9-22(10-8-21)35(32,33)29-14-4-3-5-19(29)2/h6-11,17,19-20H,3-5,12-16H2,1-2H3,(H,26,27)/t19-/m0/s1. The molecule has 5 rings (SSSR count). The lowest BCUT2D eigenvalue weighted by atomic mass is 9.97. The van der Waals surface area contributed by atoms with Gasteiger partial charge in [0.15, 0.2) is 0 Å². The molecule has 2 aliphatic rings. The lowest BCUT2D eigenvalue weighted by Gasteiger charge is -2.32. The zero-order valence-electron chi connectivity index (χ0n) is 20.1. The number of nitrogens with one attached hydrogen (secondary N) is 1. The average Bonchev–Trinajstić information content (AvgIpc) is 3.27. The van der Waals surface area contributed by atoms with Crippen molar-refractivity contribution in [1.29, 1.82) is 0 Å². The number of hydrogen-bond donors (Lipinski definition) is 1. The lowest BCUT2D eigenvalue weighted by molar-refractivity contribution is 0.268.